The first-order valence-corrected chi connectivity index (χ1v) is 21.5. The minimum Gasteiger partial charge on any atom is -0.455 e. The van der Waals surface area contributed by atoms with E-state index in [1.54, 1.807) is 0 Å². The second kappa shape index (κ2) is 14.1. The SMILES string of the molecule is c1ccc(-c2cccc3c2oc2c(N(c4ccc(-c5cccc6ccccc56)cc4)c4ccc5c(ccc6cc(-c7cccc8c7oc7ccccc78)ccc65)c4)cccc23)cc1. The van der Waals surface area contributed by atoms with Crippen LogP contribution in [0.5, 0.6) is 0 Å². The summed E-state index contributed by atoms with van der Waals surface area (Å²) in [7, 11) is 0. The minimum absolute atomic E-state index is 0.847. The van der Waals surface area contributed by atoms with Gasteiger partial charge in [0.1, 0.15) is 16.7 Å². The molecule has 0 N–H and O–H groups in total. The van der Waals surface area contributed by atoms with Crippen molar-refractivity contribution < 1.29 is 8.83 Å². The summed E-state index contributed by atoms with van der Waals surface area (Å²) in [6, 6.07) is 80.4. The number of hydrogen-bond acceptors (Lipinski definition) is 3. The van der Waals surface area contributed by atoms with Crippen LogP contribution in [0.1, 0.15) is 0 Å². The Morgan fingerprint density at radius 3 is 1.63 bits per heavy atom. The third kappa shape index (κ3) is 5.67. The second-order valence-electron chi connectivity index (χ2n) is 16.4. The molecule has 0 unspecified atom stereocenters. The molecular weight excluding hydrogens is 767 g/mol. The number of furan rings is 2. The highest BCUT2D eigenvalue weighted by molar-refractivity contribution is 6.15. The molecule has 3 nitrogen and oxygen atoms in total. The summed E-state index contributed by atoms with van der Waals surface area (Å²) < 4.78 is 13.5. The topological polar surface area (TPSA) is 29.5 Å². The summed E-state index contributed by atoms with van der Waals surface area (Å²) in [4.78, 5) is 2.35. The molecule has 2 aromatic heterocycles. The van der Waals surface area contributed by atoms with Crippen molar-refractivity contribution in [2.45, 2.75) is 0 Å². The normalized spacial score (nSPS) is 11.8. The van der Waals surface area contributed by atoms with E-state index in [1.165, 1.54) is 38.1 Å². The summed E-state index contributed by atoms with van der Waals surface area (Å²) in [5, 5.41) is 11.7. The Hall–Kier alpha value is -8.40. The van der Waals surface area contributed by atoms with Gasteiger partial charge in [-0.15, -0.1) is 0 Å². The van der Waals surface area contributed by atoms with Crippen molar-refractivity contribution in [3.05, 3.63) is 224 Å². The third-order valence-electron chi connectivity index (χ3n) is 12.8. The predicted molar refractivity (Wildman–Crippen MR) is 265 cm³/mol. The van der Waals surface area contributed by atoms with Crippen LogP contribution < -0.4 is 4.90 Å². The van der Waals surface area contributed by atoms with E-state index in [1.807, 2.05) is 12.1 Å². The highest BCUT2D eigenvalue weighted by atomic mass is 16.3. The van der Waals surface area contributed by atoms with Gasteiger partial charge in [0, 0.05) is 44.0 Å². The molecule has 0 radical (unpaired) electrons. The van der Waals surface area contributed by atoms with Crippen LogP contribution in [-0.2, 0) is 0 Å². The van der Waals surface area contributed by atoms with Crippen LogP contribution in [0.25, 0.3) is 110 Å². The molecule has 3 heteroatoms. The molecule has 0 aliphatic heterocycles. The van der Waals surface area contributed by atoms with E-state index in [0.29, 0.717) is 0 Å². The smallest absolute Gasteiger partial charge is 0.159 e. The summed E-state index contributed by atoms with van der Waals surface area (Å²) >= 11 is 0. The molecule has 0 spiro atoms. The van der Waals surface area contributed by atoms with Crippen LogP contribution in [0.4, 0.5) is 17.1 Å². The van der Waals surface area contributed by atoms with E-state index in [9.17, 15) is 0 Å². The van der Waals surface area contributed by atoms with Gasteiger partial charge in [-0.2, -0.15) is 0 Å². The minimum atomic E-state index is 0.847. The molecule has 0 saturated carbocycles. The Balaban J connectivity index is 0.965. The zero-order chi connectivity index (χ0) is 41.4. The lowest BCUT2D eigenvalue weighted by Gasteiger charge is -2.26. The van der Waals surface area contributed by atoms with Gasteiger partial charge < -0.3 is 13.7 Å². The molecule has 0 aliphatic carbocycles. The predicted octanol–water partition coefficient (Wildman–Crippen LogP) is 17.4. The lowest BCUT2D eigenvalue weighted by atomic mass is 9.96. The van der Waals surface area contributed by atoms with Crippen molar-refractivity contribution in [3.8, 4) is 33.4 Å². The fourth-order valence-electron chi connectivity index (χ4n) is 9.86. The molecule has 0 saturated heterocycles. The van der Waals surface area contributed by atoms with E-state index in [4.69, 9.17) is 8.83 Å². The zero-order valence-corrected chi connectivity index (χ0v) is 34.1. The monoisotopic (exact) mass is 803 g/mol. The summed E-state index contributed by atoms with van der Waals surface area (Å²) in [5.41, 5.74) is 13.5. The molecule has 0 amide bonds. The van der Waals surface area contributed by atoms with Gasteiger partial charge in [-0.25, -0.2) is 0 Å². The molecule has 63 heavy (non-hydrogen) atoms. The van der Waals surface area contributed by atoms with E-state index in [-0.39, 0.29) is 0 Å². The van der Waals surface area contributed by atoms with Crippen LogP contribution >= 0.6 is 0 Å². The molecule has 0 atom stereocenters. The summed E-state index contributed by atoms with van der Waals surface area (Å²) in [6.45, 7) is 0. The number of anilines is 3. The number of para-hydroxylation sites is 4. The Morgan fingerprint density at radius 2 is 0.810 bits per heavy atom. The molecule has 0 fully saturated rings. The molecule has 0 bridgehead atoms. The van der Waals surface area contributed by atoms with E-state index in [2.05, 4.69) is 217 Å². The highest BCUT2D eigenvalue weighted by Crippen LogP contribution is 2.46. The van der Waals surface area contributed by atoms with Gasteiger partial charge in [0.15, 0.2) is 5.58 Å². The highest BCUT2D eigenvalue weighted by Gasteiger charge is 2.22. The van der Waals surface area contributed by atoms with E-state index in [0.717, 1.165) is 88.6 Å². The van der Waals surface area contributed by atoms with E-state index >= 15 is 0 Å². The van der Waals surface area contributed by atoms with Crippen molar-refractivity contribution in [2.75, 3.05) is 4.90 Å². The molecule has 0 aliphatic rings. The second-order valence-corrected chi connectivity index (χ2v) is 16.4. The lowest BCUT2D eigenvalue weighted by Crippen LogP contribution is -2.10. The van der Waals surface area contributed by atoms with Gasteiger partial charge in [0.25, 0.3) is 0 Å². The van der Waals surface area contributed by atoms with Crippen LogP contribution in [0, 0.1) is 0 Å². The number of benzene rings is 11. The standard InChI is InChI=1S/C60H37NO2/c1-2-12-39(13-3-1)50-19-9-22-54-55-23-11-24-56(60(55)63-59(50)54)61(44-31-28-40(29-32-44)47-18-8-15-38-14-4-5-16-46(38)47)45-33-35-49-43(37-45)27-26-41-36-42(30-34-48(41)49)51-20-10-21-53-52-17-6-7-25-57(52)62-58(51)53/h1-37H. The first-order chi connectivity index (χ1) is 31.2. The molecule has 11 aromatic carbocycles. The Bertz CT molecular complexity index is 3910. The maximum Gasteiger partial charge on any atom is 0.159 e. The molecule has 13 aromatic rings. The van der Waals surface area contributed by atoms with Gasteiger partial charge in [0.05, 0.1) is 5.69 Å². The average molecular weight is 804 g/mol. The molecule has 13 rings (SSSR count). The van der Waals surface area contributed by atoms with Gasteiger partial charge >= 0.3 is 0 Å². The first kappa shape index (κ1) is 35.4. The van der Waals surface area contributed by atoms with Gasteiger partial charge in [-0.05, 0) is 97.0 Å². The van der Waals surface area contributed by atoms with Crippen molar-refractivity contribution >= 4 is 93.3 Å². The zero-order valence-electron chi connectivity index (χ0n) is 34.1. The maximum absolute atomic E-state index is 7.02. The number of nitrogens with zero attached hydrogens (tertiary/aromatic N) is 1. The molecule has 294 valence electrons. The molecular formula is C60H37NO2. The largest absolute Gasteiger partial charge is 0.455 e. The number of rotatable bonds is 6. The van der Waals surface area contributed by atoms with Crippen LogP contribution in [-0.4, -0.2) is 0 Å². The van der Waals surface area contributed by atoms with Crippen molar-refractivity contribution in [1.82, 2.24) is 0 Å². The quantitative estimate of drug-likeness (QED) is 0.157. The van der Waals surface area contributed by atoms with Gasteiger partial charge in [0.2, 0.25) is 0 Å². The number of fused-ring (bicyclic) bond motifs is 10. The summed E-state index contributed by atoms with van der Waals surface area (Å²) in [5.74, 6) is 0. The van der Waals surface area contributed by atoms with Crippen molar-refractivity contribution in [2.24, 2.45) is 0 Å². The maximum atomic E-state index is 7.02. The van der Waals surface area contributed by atoms with Gasteiger partial charge in [-0.3, -0.25) is 0 Å². The first-order valence-electron chi connectivity index (χ1n) is 21.5. The van der Waals surface area contributed by atoms with Crippen LogP contribution in [0.3, 0.4) is 0 Å². The van der Waals surface area contributed by atoms with Crippen molar-refractivity contribution in [3.63, 3.8) is 0 Å². The van der Waals surface area contributed by atoms with Gasteiger partial charge in [-0.1, -0.05) is 182 Å². The van der Waals surface area contributed by atoms with Crippen LogP contribution in [0.2, 0.25) is 0 Å². The fourth-order valence-corrected chi connectivity index (χ4v) is 9.86. The number of hydrogen-bond donors (Lipinski definition) is 0. The Labute approximate surface area is 363 Å². The van der Waals surface area contributed by atoms with E-state index < -0.39 is 0 Å². The average Bonchev–Trinajstić information content (AvgIpc) is 3.94. The third-order valence-corrected chi connectivity index (χ3v) is 12.8. The Morgan fingerprint density at radius 1 is 0.270 bits per heavy atom. The van der Waals surface area contributed by atoms with Crippen molar-refractivity contribution in [1.29, 1.82) is 0 Å². The fraction of sp³-hybridized carbons (Fsp3) is 0. The lowest BCUT2D eigenvalue weighted by molar-refractivity contribution is 0.669. The Kier molecular flexibility index (Phi) is 7.91. The summed E-state index contributed by atoms with van der Waals surface area (Å²) in [6.07, 6.45) is 0. The molecule has 2 heterocycles. The van der Waals surface area contributed by atoms with Crippen LogP contribution in [0.15, 0.2) is 233 Å².